The average Bonchev–Trinajstić information content (AvgIpc) is 3.06. The quantitative estimate of drug-likeness (QED) is 0.759. The van der Waals surface area contributed by atoms with Gasteiger partial charge in [0.15, 0.2) is 5.82 Å². The van der Waals surface area contributed by atoms with E-state index in [0.29, 0.717) is 5.02 Å². The number of benzene rings is 1. The van der Waals surface area contributed by atoms with Crippen LogP contribution in [0.4, 0.5) is 5.82 Å². The number of hydrogen-bond donors (Lipinski definition) is 0. The first kappa shape index (κ1) is 19.2. The van der Waals surface area contributed by atoms with Crippen LogP contribution in [0.2, 0.25) is 5.02 Å². The van der Waals surface area contributed by atoms with E-state index < -0.39 is 0 Å². The van der Waals surface area contributed by atoms with Crippen molar-refractivity contribution in [2.45, 2.75) is 32.2 Å². The van der Waals surface area contributed by atoms with Gasteiger partial charge >= 0.3 is 5.97 Å². The number of esters is 1. The summed E-state index contributed by atoms with van der Waals surface area (Å²) in [5.41, 5.74) is 0.907. The van der Waals surface area contributed by atoms with Crippen LogP contribution in [0.3, 0.4) is 0 Å². The Morgan fingerprint density at radius 3 is 2.70 bits per heavy atom. The zero-order valence-electron chi connectivity index (χ0n) is 15.7. The molecule has 1 aromatic heterocycles. The lowest BCUT2D eigenvalue weighted by Crippen LogP contribution is -2.47. The van der Waals surface area contributed by atoms with E-state index in [-0.39, 0.29) is 12.0 Å². The molecule has 0 amide bonds. The Bertz CT molecular complexity index is 947. The summed E-state index contributed by atoms with van der Waals surface area (Å²) < 4.78 is 6.91. The average molecular weight is 386 g/mol. The fourth-order valence-corrected chi connectivity index (χ4v) is 3.67. The predicted octanol–water partition coefficient (Wildman–Crippen LogP) is 2.82. The molecule has 0 aliphatic carbocycles. The highest BCUT2D eigenvalue weighted by molar-refractivity contribution is 6.30. The third kappa shape index (κ3) is 3.78. The Balaban J connectivity index is 2.20. The zero-order chi connectivity index (χ0) is 19.4. The van der Waals surface area contributed by atoms with Crippen LogP contribution >= 0.6 is 11.6 Å². The van der Waals surface area contributed by atoms with E-state index in [2.05, 4.69) is 11.5 Å². The van der Waals surface area contributed by atoms with Crippen LogP contribution in [0.5, 0.6) is 0 Å². The molecule has 1 aliphatic heterocycles. The van der Waals surface area contributed by atoms with Gasteiger partial charge in [0.05, 0.1) is 18.1 Å². The van der Waals surface area contributed by atoms with Crippen LogP contribution in [0.25, 0.3) is 17.8 Å². The topological polar surface area (TPSA) is 47.4 Å². The number of aromatic nitrogens is 2. The number of hydrogen-bond acceptors (Lipinski definition) is 4. The SMILES string of the molecule is C=C/C=c1/c(N2CCCCC2C(=O)OC)nn(-c2ccc(Cl)cc2)/c1=C/C. The normalized spacial score (nSPS) is 18.6. The molecule has 1 fully saturated rings. The maximum absolute atomic E-state index is 12.3. The smallest absolute Gasteiger partial charge is 0.328 e. The van der Waals surface area contributed by atoms with Crippen molar-refractivity contribution < 1.29 is 9.53 Å². The van der Waals surface area contributed by atoms with E-state index in [1.54, 1.807) is 6.08 Å². The van der Waals surface area contributed by atoms with E-state index in [0.717, 1.165) is 47.9 Å². The van der Waals surface area contributed by atoms with E-state index in [9.17, 15) is 4.79 Å². The number of allylic oxidation sites excluding steroid dienone is 1. The number of rotatable bonds is 4. The monoisotopic (exact) mass is 385 g/mol. The number of halogens is 1. The number of ether oxygens (including phenoxy) is 1. The molecule has 3 rings (SSSR count). The lowest BCUT2D eigenvalue weighted by molar-refractivity contribution is -0.142. The number of carbonyl (C=O) groups is 1. The van der Waals surface area contributed by atoms with Crippen molar-refractivity contribution >= 4 is 35.5 Å². The molecule has 5 nitrogen and oxygen atoms in total. The number of carbonyl (C=O) groups excluding carboxylic acids is 1. The van der Waals surface area contributed by atoms with Gasteiger partial charge in [-0.05, 0) is 56.5 Å². The second-order valence-corrected chi connectivity index (χ2v) is 6.87. The molecule has 1 aliphatic rings. The van der Waals surface area contributed by atoms with Crippen molar-refractivity contribution in [3.8, 4) is 5.69 Å². The molecule has 142 valence electrons. The Labute approximate surface area is 164 Å². The van der Waals surface area contributed by atoms with Gasteiger partial charge in [0, 0.05) is 16.8 Å². The van der Waals surface area contributed by atoms with Crippen LogP contribution in [-0.2, 0) is 9.53 Å². The van der Waals surface area contributed by atoms with Gasteiger partial charge < -0.3 is 9.64 Å². The number of anilines is 1. The Hall–Kier alpha value is -2.53. The van der Waals surface area contributed by atoms with Crippen LogP contribution in [0.1, 0.15) is 26.2 Å². The Kier molecular flexibility index (Phi) is 6.01. The molecule has 0 spiro atoms. The number of methoxy groups -OCH3 is 1. The first-order chi connectivity index (χ1) is 13.1. The van der Waals surface area contributed by atoms with Gasteiger partial charge in [-0.15, -0.1) is 5.10 Å². The lowest BCUT2D eigenvalue weighted by atomic mass is 10.0. The first-order valence-electron chi connectivity index (χ1n) is 9.09. The maximum atomic E-state index is 12.3. The summed E-state index contributed by atoms with van der Waals surface area (Å²) in [6.07, 6.45) is 8.47. The molecular formula is C21H24ClN3O2. The summed E-state index contributed by atoms with van der Waals surface area (Å²) in [6, 6.07) is 7.22. The van der Waals surface area contributed by atoms with E-state index >= 15 is 0 Å². The van der Waals surface area contributed by atoms with Gasteiger partial charge in [0.25, 0.3) is 0 Å². The Morgan fingerprint density at radius 1 is 1.33 bits per heavy atom. The lowest BCUT2D eigenvalue weighted by Gasteiger charge is -2.33. The molecule has 6 heteroatoms. The highest BCUT2D eigenvalue weighted by Gasteiger charge is 2.32. The predicted molar refractivity (Wildman–Crippen MR) is 110 cm³/mol. The summed E-state index contributed by atoms with van der Waals surface area (Å²) in [5.74, 6) is 0.551. The molecule has 0 radical (unpaired) electrons. The van der Waals surface area contributed by atoms with Gasteiger partial charge in [0.2, 0.25) is 0 Å². The molecule has 27 heavy (non-hydrogen) atoms. The second-order valence-electron chi connectivity index (χ2n) is 6.43. The van der Waals surface area contributed by atoms with Crippen LogP contribution in [-0.4, -0.2) is 35.4 Å². The zero-order valence-corrected chi connectivity index (χ0v) is 16.4. The molecule has 1 saturated heterocycles. The molecule has 1 unspecified atom stereocenters. The van der Waals surface area contributed by atoms with Crippen molar-refractivity contribution in [3.05, 3.63) is 52.5 Å². The third-order valence-electron chi connectivity index (χ3n) is 4.82. The Morgan fingerprint density at radius 2 is 2.07 bits per heavy atom. The molecular weight excluding hydrogens is 362 g/mol. The van der Waals surface area contributed by atoms with Crippen LogP contribution in [0, 0.1) is 0 Å². The molecule has 1 aromatic carbocycles. The fourth-order valence-electron chi connectivity index (χ4n) is 3.54. The summed E-state index contributed by atoms with van der Waals surface area (Å²) in [6.45, 7) is 6.58. The van der Waals surface area contributed by atoms with E-state index in [1.807, 2.05) is 48.0 Å². The minimum absolute atomic E-state index is 0.220. The maximum Gasteiger partial charge on any atom is 0.328 e. The molecule has 1 atom stereocenters. The number of nitrogens with zero attached hydrogens (tertiary/aromatic N) is 3. The first-order valence-corrected chi connectivity index (χ1v) is 9.47. The molecule has 0 N–H and O–H groups in total. The largest absolute Gasteiger partial charge is 0.467 e. The fraction of sp³-hybridized carbons (Fsp3) is 0.333. The van der Waals surface area contributed by atoms with Crippen molar-refractivity contribution in [1.29, 1.82) is 0 Å². The van der Waals surface area contributed by atoms with Gasteiger partial charge in [-0.2, -0.15) is 0 Å². The third-order valence-corrected chi connectivity index (χ3v) is 5.07. The molecule has 0 saturated carbocycles. The van der Waals surface area contributed by atoms with E-state index in [1.165, 1.54) is 7.11 Å². The van der Waals surface area contributed by atoms with Crippen LogP contribution < -0.4 is 15.5 Å². The molecule has 2 heterocycles. The summed E-state index contributed by atoms with van der Waals surface area (Å²) >= 11 is 6.03. The van der Waals surface area contributed by atoms with Crippen molar-refractivity contribution in [2.24, 2.45) is 0 Å². The van der Waals surface area contributed by atoms with E-state index in [4.69, 9.17) is 21.4 Å². The van der Waals surface area contributed by atoms with Crippen molar-refractivity contribution in [2.75, 3.05) is 18.6 Å². The summed E-state index contributed by atoms with van der Waals surface area (Å²) in [4.78, 5) is 14.4. The highest BCUT2D eigenvalue weighted by atomic mass is 35.5. The van der Waals surface area contributed by atoms with Gasteiger partial charge in [-0.25, -0.2) is 9.48 Å². The van der Waals surface area contributed by atoms with Crippen molar-refractivity contribution in [3.63, 3.8) is 0 Å². The second kappa shape index (κ2) is 8.44. The van der Waals surface area contributed by atoms with Gasteiger partial charge in [-0.3, -0.25) is 0 Å². The summed E-state index contributed by atoms with van der Waals surface area (Å²) in [5, 5.41) is 7.43. The minimum Gasteiger partial charge on any atom is -0.467 e. The number of piperidine rings is 1. The minimum atomic E-state index is -0.320. The van der Waals surface area contributed by atoms with Crippen molar-refractivity contribution in [1.82, 2.24) is 9.78 Å². The molecule has 0 bridgehead atoms. The van der Waals surface area contributed by atoms with Crippen LogP contribution in [0.15, 0.2) is 36.9 Å². The molecule has 2 aromatic rings. The highest BCUT2D eigenvalue weighted by Crippen LogP contribution is 2.22. The van der Waals surface area contributed by atoms with Gasteiger partial charge in [0.1, 0.15) is 6.04 Å². The summed E-state index contributed by atoms with van der Waals surface area (Å²) in [7, 11) is 1.43. The standard InChI is InChI=1S/C21H24ClN3O2/c1-4-8-17-18(5-2)25(16-12-10-15(22)11-13-16)23-20(17)24-14-7-6-9-19(24)21(26)27-3/h4-5,8,10-13,19H,1,6-7,9,14H2,2-3H3/b17-8+,18-5+. The van der Waals surface area contributed by atoms with Gasteiger partial charge in [-0.1, -0.05) is 30.3 Å².